The summed E-state index contributed by atoms with van der Waals surface area (Å²) in [5, 5.41) is 10.4. The molecule has 4 rings (SSSR count). The highest BCUT2D eigenvalue weighted by Gasteiger charge is 2.27. The van der Waals surface area contributed by atoms with E-state index in [-0.39, 0.29) is 0 Å². The third-order valence-corrected chi connectivity index (χ3v) is 6.18. The Morgan fingerprint density at radius 3 is 2.17 bits per heavy atom. The second kappa shape index (κ2) is 7.22. The van der Waals surface area contributed by atoms with Gasteiger partial charge in [-0.3, -0.25) is 4.90 Å². The molecular formula is C20H31N3O. The number of piperidine rings is 1. The number of hydrogen-bond acceptors (Lipinski definition) is 4. The average molecular weight is 329 g/mol. The molecule has 24 heavy (non-hydrogen) atoms. The van der Waals surface area contributed by atoms with Crippen LogP contribution in [0.5, 0.6) is 5.75 Å². The number of phenols is 1. The zero-order valence-corrected chi connectivity index (χ0v) is 14.8. The molecule has 4 nitrogen and oxygen atoms in total. The standard InChI is InChI=1S/C20H31N3O/c24-20-9-8-18(21-10-4-1-5-11-21)16-19(20)23-14-12-22(13-15-23)17-6-2-3-7-17/h8-9,16-17,24H,1-7,10-15H2. The van der Waals surface area contributed by atoms with Crippen molar-refractivity contribution in [2.24, 2.45) is 0 Å². The fourth-order valence-electron chi connectivity index (χ4n) is 4.71. The van der Waals surface area contributed by atoms with Crippen molar-refractivity contribution in [2.45, 2.75) is 51.0 Å². The van der Waals surface area contributed by atoms with E-state index in [1.165, 1.54) is 50.6 Å². The Bertz CT molecular complexity index is 542. The van der Waals surface area contributed by atoms with Crippen LogP contribution in [0.2, 0.25) is 0 Å². The van der Waals surface area contributed by atoms with E-state index in [9.17, 15) is 5.11 Å². The van der Waals surface area contributed by atoms with E-state index < -0.39 is 0 Å². The monoisotopic (exact) mass is 329 g/mol. The molecule has 0 atom stereocenters. The molecule has 2 aliphatic heterocycles. The van der Waals surface area contributed by atoms with E-state index >= 15 is 0 Å². The first-order valence-electron chi connectivity index (χ1n) is 9.88. The van der Waals surface area contributed by atoms with Crippen molar-refractivity contribution in [1.82, 2.24) is 4.90 Å². The first kappa shape index (κ1) is 16.1. The number of benzene rings is 1. The molecule has 4 heteroatoms. The van der Waals surface area contributed by atoms with Gasteiger partial charge in [-0.15, -0.1) is 0 Å². The van der Waals surface area contributed by atoms with Crippen LogP contribution in [0.4, 0.5) is 11.4 Å². The Balaban J connectivity index is 1.43. The highest BCUT2D eigenvalue weighted by Crippen LogP contribution is 2.34. The van der Waals surface area contributed by atoms with E-state index in [0.717, 1.165) is 51.0 Å². The number of hydrogen-bond donors (Lipinski definition) is 1. The van der Waals surface area contributed by atoms with Crippen LogP contribution in [-0.4, -0.2) is 55.3 Å². The molecule has 3 aliphatic rings. The van der Waals surface area contributed by atoms with Crippen LogP contribution in [0.1, 0.15) is 44.9 Å². The van der Waals surface area contributed by atoms with Gasteiger partial charge in [-0.1, -0.05) is 12.8 Å². The molecule has 132 valence electrons. The average Bonchev–Trinajstić information content (AvgIpc) is 3.18. The van der Waals surface area contributed by atoms with Gasteiger partial charge in [0.2, 0.25) is 0 Å². The third-order valence-electron chi connectivity index (χ3n) is 6.18. The number of phenolic OH excluding ortho intramolecular Hbond substituents is 1. The molecule has 0 unspecified atom stereocenters. The highest BCUT2D eigenvalue weighted by atomic mass is 16.3. The fraction of sp³-hybridized carbons (Fsp3) is 0.700. The Hall–Kier alpha value is -1.42. The van der Waals surface area contributed by atoms with Crippen molar-refractivity contribution < 1.29 is 5.11 Å². The summed E-state index contributed by atoms with van der Waals surface area (Å²) in [6, 6.07) is 7.01. The minimum absolute atomic E-state index is 0.435. The summed E-state index contributed by atoms with van der Waals surface area (Å²) in [5.74, 6) is 0.435. The Labute approximate surface area is 146 Å². The third kappa shape index (κ3) is 3.34. The molecule has 3 fully saturated rings. The highest BCUT2D eigenvalue weighted by molar-refractivity contribution is 5.66. The number of piperazine rings is 1. The molecule has 1 aliphatic carbocycles. The van der Waals surface area contributed by atoms with Crippen LogP contribution in [-0.2, 0) is 0 Å². The van der Waals surface area contributed by atoms with Crippen molar-refractivity contribution in [3.05, 3.63) is 18.2 Å². The zero-order chi connectivity index (χ0) is 16.4. The molecule has 1 aromatic carbocycles. The summed E-state index contributed by atoms with van der Waals surface area (Å²) >= 11 is 0. The SMILES string of the molecule is Oc1ccc(N2CCCCC2)cc1N1CCN(C2CCCC2)CC1. The summed E-state index contributed by atoms with van der Waals surface area (Å²) < 4.78 is 0. The van der Waals surface area contributed by atoms with Gasteiger partial charge < -0.3 is 14.9 Å². The van der Waals surface area contributed by atoms with Gasteiger partial charge in [-0.25, -0.2) is 0 Å². The maximum Gasteiger partial charge on any atom is 0.139 e. The quantitative estimate of drug-likeness (QED) is 0.920. The van der Waals surface area contributed by atoms with Crippen molar-refractivity contribution in [3.63, 3.8) is 0 Å². The number of rotatable bonds is 3. The second-order valence-corrected chi connectivity index (χ2v) is 7.68. The lowest BCUT2D eigenvalue weighted by Crippen LogP contribution is -2.49. The van der Waals surface area contributed by atoms with Crippen molar-refractivity contribution in [2.75, 3.05) is 49.1 Å². The largest absolute Gasteiger partial charge is 0.506 e. The summed E-state index contributed by atoms with van der Waals surface area (Å²) in [7, 11) is 0. The second-order valence-electron chi connectivity index (χ2n) is 7.68. The van der Waals surface area contributed by atoms with E-state index in [1.807, 2.05) is 6.07 Å². The number of anilines is 2. The maximum absolute atomic E-state index is 10.4. The van der Waals surface area contributed by atoms with Gasteiger partial charge in [0.15, 0.2) is 0 Å². The van der Waals surface area contributed by atoms with Crippen LogP contribution < -0.4 is 9.80 Å². The van der Waals surface area contributed by atoms with Crippen molar-refractivity contribution in [1.29, 1.82) is 0 Å². The lowest BCUT2D eigenvalue weighted by Gasteiger charge is -2.39. The van der Waals surface area contributed by atoms with Crippen LogP contribution in [0.3, 0.4) is 0 Å². The van der Waals surface area contributed by atoms with Crippen molar-refractivity contribution >= 4 is 11.4 Å². The van der Waals surface area contributed by atoms with Gasteiger partial charge in [0, 0.05) is 51.0 Å². The summed E-state index contributed by atoms with van der Waals surface area (Å²) in [6.45, 7) is 6.65. The van der Waals surface area contributed by atoms with E-state index in [2.05, 4.69) is 26.8 Å². The Morgan fingerprint density at radius 1 is 0.750 bits per heavy atom. The first-order valence-corrected chi connectivity index (χ1v) is 9.88. The van der Waals surface area contributed by atoms with E-state index in [0.29, 0.717) is 5.75 Å². The summed E-state index contributed by atoms with van der Waals surface area (Å²) in [4.78, 5) is 7.53. The summed E-state index contributed by atoms with van der Waals surface area (Å²) in [6.07, 6.45) is 9.51. The van der Waals surface area contributed by atoms with Gasteiger partial charge in [-0.2, -0.15) is 0 Å². The minimum Gasteiger partial charge on any atom is -0.506 e. The predicted molar refractivity (Wildman–Crippen MR) is 100 cm³/mol. The molecule has 0 amide bonds. The maximum atomic E-state index is 10.4. The van der Waals surface area contributed by atoms with Crippen LogP contribution in [0.25, 0.3) is 0 Å². The molecule has 1 N–H and O–H groups in total. The Kier molecular flexibility index (Phi) is 4.83. The first-order chi connectivity index (χ1) is 11.8. The van der Waals surface area contributed by atoms with Crippen molar-refractivity contribution in [3.8, 4) is 5.75 Å². The molecule has 2 saturated heterocycles. The normalized spacial score (nSPS) is 23.8. The fourth-order valence-corrected chi connectivity index (χ4v) is 4.71. The van der Waals surface area contributed by atoms with E-state index in [4.69, 9.17) is 0 Å². The van der Waals surface area contributed by atoms with Gasteiger partial charge >= 0.3 is 0 Å². The Morgan fingerprint density at radius 2 is 1.46 bits per heavy atom. The molecule has 0 radical (unpaired) electrons. The van der Waals surface area contributed by atoms with Crippen LogP contribution >= 0.6 is 0 Å². The van der Waals surface area contributed by atoms with Gasteiger partial charge in [0.1, 0.15) is 5.75 Å². The summed E-state index contributed by atoms with van der Waals surface area (Å²) in [5.41, 5.74) is 2.31. The van der Waals surface area contributed by atoms with Gasteiger partial charge in [0.25, 0.3) is 0 Å². The van der Waals surface area contributed by atoms with E-state index in [1.54, 1.807) is 0 Å². The number of aromatic hydroxyl groups is 1. The smallest absolute Gasteiger partial charge is 0.139 e. The molecule has 0 aromatic heterocycles. The minimum atomic E-state index is 0.435. The zero-order valence-electron chi connectivity index (χ0n) is 14.8. The van der Waals surface area contributed by atoms with Gasteiger partial charge in [0.05, 0.1) is 5.69 Å². The van der Waals surface area contributed by atoms with Crippen LogP contribution in [0.15, 0.2) is 18.2 Å². The lowest BCUT2D eigenvalue weighted by atomic mass is 10.1. The molecule has 0 bridgehead atoms. The predicted octanol–water partition coefficient (Wildman–Crippen LogP) is 3.45. The molecule has 1 aromatic rings. The molecular weight excluding hydrogens is 298 g/mol. The number of nitrogens with zero attached hydrogens (tertiary/aromatic N) is 3. The van der Waals surface area contributed by atoms with Gasteiger partial charge in [-0.05, 0) is 50.3 Å². The molecule has 1 saturated carbocycles. The molecule has 2 heterocycles. The molecule has 0 spiro atoms. The van der Waals surface area contributed by atoms with Crippen LogP contribution in [0, 0.1) is 0 Å². The topological polar surface area (TPSA) is 30.0 Å². The lowest BCUT2D eigenvalue weighted by molar-refractivity contribution is 0.187.